The highest BCUT2D eigenvalue weighted by atomic mass is 79.9. The van der Waals surface area contributed by atoms with E-state index < -0.39 is 0 Å². The fourth-order valence-corrected chi connectivity index (χ4v) is 3.01. The van der Waals surface area contributed by atoms with Crippen LogP contribution in [0.15, 0.2) is 28.7 Å². The summed E-state index contributed by atoms with van der Waals surface area (Å²) < 4.78 is 1.36. The Kier molecular flexibility index (Phi) is 2.39. The van der Waals surface area contributed by atoms with Crippen LogP contribution in [0.3, 0.4) is 0 Å². The smallest absolute Gasteiger partial charge is 0.0720 e. The Morgan fingerprint density at radius 1 is 1.25 bits per heavy atom. The molecule has 0 N–H and O–H groups in total. The second kappa shape index (κ2) is 3.10. The van der Waals surface area contributed by atoms with Gasteiger partial charge in [0.25, 0.3) is 0 Å². The normalized spacial score (nSPS) is 25.4. The molecular weight excluding hydrogens is 348 g/mol. The molecule has 1 atom stereocenters. The van der Waals surface area contributed by atoms with Crippen LogP contribution < -0.4 is 0 Å². The van der Waals surface area contributed by atoms with Gasteiger partial charge in [-0.3, -0.25) is 0 Å². The predicted molar refractivity (Wildman–Crippen MR) is 62.1 cm³/mol. The Morgan fingerprint density at radius 2 is 1.83 bits per heavy atom. The van der Waals surface area contributed by atoms with Gasteiger partial charge in [0.05, 0.1) is 3.23 Å². The fourth-order valence-electron chi connectivity index (χ4n) is 1.31. The van der Waals surface area contributed by atoms with Crippen LogP contribution >= 0.6 is 47.8 Å². The number of alkyl halides is 2. The molecular formula is C9H7Br3. The summed E-state index contributed by atoms with van der Waals surface area (Å²) in [5.41, 5.74) is 1.38. The van der Waals surface area contributed by atoms with Crippen LogP contribution in [0.1, 0.15) is 17.9 Å². The number of hydrogen-bond acceptors (Lipinski definition) is 0. The average molecular weight is 355 g/mol. The summed E-state index contributed by atoms with van der Waals surface area (Å²) >= 11 is 10.8. The Balaban J connectivity index is 2.31. The zero-order valence-electron chi connectivity index (χ0n) is 6.23. The summed E-state index contributed by atoms with van der Waals surface area (Å²) in [7, 11) is 0. The van der Waals surface area contributed by atoms with E-state index in [9.17, 15) is 0 Å². The van der Waals surface area contributed by atoms with Gasteiger partial charge in [0.2, 0.25) is 0 Å². The molecule has 64 valence electrons. The van der Waals surface area contributed by atoms with Crippen LogP contribution in [0.4, 0.5) is 0 Å². The summed E-state index contributed by atoms with van der Waals surface area (Å²) in [4.78, 5) is 0. The lowest BCUT2D eigenvalue weighted by Gasteiger charge is -2.03. The zero-order chi connectivity index (χ0) is 8.77. The van der Waals surface area contributed by atoms with Gasteiger partial charge < -0.3 is 0 Å². The molecule has 0 radical (unpaired) electrons. The summed E-state index contributed by atoms with van der Waals surface area (Å²) in [5.74, 6) is 0.605. The minimum absolute atomic E-state index is 0.157. The van der Waals surface area contributed by atoms with Crippen molar-refractivity contribution < 1.29 is 0 Å². The Hall–Kier alpha value is 0.660. The zero-order valence-corrected chi connectivity index (χ0v) is 11.0. The SMILES string of the molecule is Brc1ccccc1C1CC1(Br)Br. The van der Waals surface area contributed by atoms with Crippen molar-refractivity contribution in [2.45, 2.75) is 15.6 Å². The second-order valence-electron chi connectivity index (χ2n) is 3.04. The monoisotopic (exact) mass is 352 g/mol. The van der Waals surface area contributed by atoms with E-state index in [-0.39, 0.29) is 3.23 Å². The summed E-state index contributed by atoms with van der Waals surface area (Å²) in [6.07, 6.45) is 1.16. The number of hydrogen-bond donors (Lipinski definition) is 0. The van der Waals surface area contributed by atoms with Crippen molar-refractivity contribution in [3.8, 4) is 0 Å². The predicted octanol–water partition coefficient (Wildman–Crippen LogP) is 4.42. The molecule has 1 aromatic rings. The summed E-state index contributed by atoms with van der Waals surface area (Å²) in [6, 6.07) is 8.37. The summed E-state index contributed by atoms with van der Waals surface area (Å²) in [5, 5.41) is 0. The van der Waals surface area contributed by atoms with Crippen LogP contribution in [-0.4, -0.2) is 3.23 Å². The minimum atomic E-state index is 0.157. The maximum atomic E-state index is 3.62. The van der Waals surface area contributed by atoms with Crippen molar-refractivity contribution in [3.05, 3.63) is 34.3 Å². The molecule has 2 rings (SSSR count). The molecule has 0 saturated heterocycles. The van der Waals surface area contributed by atoms with Gasteiger partial charge in [-0.2, -0.15) is 0 Å². The molecule has 1 saturated carbocycles. The first-order valence-corrected chi connectivity index (χ1v) is 6.11. The van der Waals surface area contributed by atoms with E-state index in [2.05, 4.69) is 66.0 Å². The standard InChI is InChI=1S/C9H7Br3/c10-8-4-2-1-3-6(8)7-5-9(7,11)12/h1-4,7H,5H2. The van der Waals surface area contributed by atoms with E-state index in [1.807, 2.05) is 6.07 Å². The minimum Gasteiger partial charge on any atom is -0.0720 e. The maximum absolute atomic E-state index is 3.62. The van der Waals surface area contributed by atoms with E-state index in [0.717, 1.165) is 6.42 Å². The summed E-state index contributed by atoms with van der Waals surface area (Å²) in [6.45, 7) is 0. The molecule has 3 heteroatoms. The van der Waals surface area contributed by atoms with E-state index in [1.54, 1.807) is 0 Å². The quantitative estimate of drug-likeness (QED) is 0.655. The van der Waals surface area contributed by atoms with Crippen LogP contribution in [0.5, 0.6) is 0 Å². The lowest BCUT2D eigenvalue weighted by atomic mass is 10.1. The highest BCUT2D eigenvalue weighted by Gasteiger charge is 2.51. The third-order valence-electron chi connectivity index (χ3n) is 2.11. The van der Waals surface area contributed by atoms with Crippen molar-refractivity contribution in [2.24, 2.45) is 0 Å². The van der Waals surface area contributed by atoms with E-state index in [1.165, 1.54) is 10.0 Å². The van der Waals surface area contributed by atoms with Gasteiger partial charge in [-0.1, -0.05) is 66.0 Å². The van der Waals surface area contributed by atoms with Gasteiger partial charge in [-0.05, 0) is 18.1 Å². The Labute approximate surface area is 97.1 Å². The molecule has 0 aliphatic heterocycles. The van der Waals surface area contributed by atoms with E-state index >= 15 is 0 Å². The van der Waals surface area contributed by atoms with Crippen molar-refractivity contribution in [2.75, 3.05) is 0 Å². The molecule has 0 spiro atoms. The first kappa shape index (κ1) is 9.22. The topological polar surface area (TPSA) is 0 Å². The molecule has 12 heavy (non-hydrogen) atoms. The van der Waals surface area contributed by atoms with Gasteiger partial charge in [0.15, 0.2) is 0 Å². The van der Waals surface area contributed by atoms with Crippen molar-refractivity contribution in [1.82, 2.24) is 0 Å². The Morgan fingerprint density at radius 3 is 2.33 bits per heavy atom. The lowest BCUT2D eigenvalue weighted by Crippen LogP contribution is -1.88. The third kappa shape index (κ3) is 1.64. The van der Waals surface area contributed by atoms with E-state index in [4.69, 9.17) is 0 Å². The largest absolute Gasteiger partial charge is 0.0881 e. The van der Waals surface area contributed by atoms with Crippen LogP contribution in [0, 0.1) is 0 Å². The molecule has 1 fully saturated rings. The first-order chi connectivity index (χ1) is 5.61. The van der Waals surface area contributed by atoms with Crippen molar-refractivity contribution >= 4 is 47.8 Å². The molecule has 0 bridgehead atoms. The average Bonchev–Trinajstić information content (AvgIpc) is 2.61. The first-order valence-electron chi connectivity index (χ1n) is 3.73. The van der Waals surface area contributed by atoms with E-state index in [0.29, 0.717) is 5.92 Å². The molecule has 0 amide bonds. The van der Waals surface area contributed by atoms with Gasteiger partial charge in [0, 0.05) is 10.4 Å². The lowest BCUT2D eigenvalue weighted by molar-refractivity contribution is 1.11. The molecule has 1 aliphatic rings. The van der Waals surface area contributed by atoms with Crippen LogP contribution in [-0.2, 0) is 0 Å². The second-order valence-corrected chi connectivity index (χ2v) is 7.79. The van der Waals surface area contributed by atoms with Gasteiger partial charge in [-0.15, -0.1) is 0 Å². The number of benzene rings is 1. The fraction of sp³-hybridized carbons (Fsp3) is 0.333. The molecule has 1 aromatic carbocycles. The van der Waals surface area contributed by atoms with Crippen molar-refractivity contribution in [1.29, 1.82) is 0 Å². The van der Waals surface area contributed by atoms with Crippen molar-refractivity contribution in [3.63, 3.8) is 0 Å². The molecule has 1 aliphatic carbocycles. The highest BCUT2D eigenvalue weighted by molar-refractivity contribution is 9.25. The van der Waals surface area contributed by atoms with Crippen LogP contribution in [0.25, 0.3) is 0 Å². The molecule has 0 aromatic heterocycles. The highest BCUT2D eigenvalue weighted by Crippen LogP contribution is 2.63. The Bertz CT molecular complexity index is 306. The molecule has 1 unspecified atom stereocenters. The number of rotatable bonds is 1. The van der Waals surface area contributed by atoms with Gasteiger partial charge in [0.1, 0.15) is 0 Å². The third-order valence-corrected chi connectivity index (χ3v) is 4.58. The molecule has 0 heterocycles. The molecule has 0 nitrogen and oxygen atoms in total. The van der Waals surface area contributed by atoms with Gasteiger partial charge in [-0.25, -0.2) is 0 Å². The maximum Gasteiger partial charge on any atom is 0.0881 e. The van der Waals surface area contributed by atoms with Crippen LogP contribution in [0.2, 0.25) is 0 Å². The van der Waals surface area contributed by atoms with Gasteiger partial charge >= 0.3 is 0 Å². The number of halogens is 3.